The molecule has 0 saturated heterocycles. The lowest BCUT2D eigenvalue weighted by Gasteiger charge is -2.17. The van der Waals surface area contributed by atoms with E-state index in [1.54, 1.807) is 6.20 Å². The van der Waals surface area contributed by atoms with Gasteiger partial charge in [0, 0.05) is 18.0 Å². The van der Waals surface area contributed by atoms with Gasteiger partial charge in [0.25, 0.3) is 0 Å². The van der Waals surface area contributed by atoms with Crippen LogP contribution in [0.4, 0.5) is 0 Å². The summed E-state index contributed by atoms with van der Waals surface area (Å²) in [5, 5.41) is 9.67. The third kappa shape index (κ3) is 5.29. The van der Waals surface area contributed by atoms with Crippen LogP contribution in [0.3, 0.4) is 0 Å². The topological polar surface area (TPSA) is 50.2 Å². The second kappa shape index (κ2) is 9.50. The number of aliphatic carboxylic acids is 1. The third-order valence-corrected chi connectivity index (χ3v) is 5.79. The van der Waals surface area contributed by atoms with Crippen LogP contribution in [-0.2, 0) is 11.2 Å². The van der Waals surface area contributed by atoms with E-state index in [-0.39, 0.29) is 0 Å². The van der Waals surface area contributed by atoms with E-state index in [1.165, 1.54) is 33.4 Å². The van der Waals surface area contributed by atoms with Gasteiger partial charge in [-0.05, 0) is 111 Å². The Morgan fingerprint density at radius 3 is 2.15 bits per heavy atom. The fourth-order valence-corrected chi connectivity index (χ4v) is 3.53. The first-order valence-electron chi connectivity index (χ1n) is 9.72. The molecule has 144 valence electrons. The van der Waals surface area contributed by atoms with Crippen LogP contribution in [0.1, 0.15) is 64.6 Å². The van der Waals surface area contributed by atoms with Crippen LogP contribution in [0.5, 0.6) is 0 Å². The highest BCUT2D eigenvalue weighted by Crippen LogP contribution is 2.28. The normalized spacial score (nSPS) is 11.7. The van der Waals surface area contributed by atoms with Crippen LogP contribution in [-0.4, -0.2) is 16.1 Å². The van der Waals surface area contributed by atoms with E-state index < -0.39 is 5.97 Å². The first kappa shape index (κ1) is 20.9. The molecule has 0 spiro atoms. The molecule has 0 aliphatic carbocycles. The molecule has 1 N–H and O–H groups in total. The van der Waals surface area contributed by atoms with Crippen molar-refractivity contribution in [2.24, 2.45) is 0 Å². The second-order valence-electron chi connectivity index (χ2n) is 7.44. The van der Waals surface area contributed by atoms with Crippen molar-refractivity contribution in [1.29, 1.82) is 0 Å². The monoisotopic (exact) mass is 365 g/mol. The molecule has 0 fully saturated rings. The number of pyridine rings is 1. The van der Waals surface area contributed by atoms with Gasteiger partial charge in [0.2, 0.25) is 0 Å². The van der Waals surface area contributed by atoms with E-state index in [9.17, 15) is 9.90 Å². The van der Waals surface area contributed by atoms with E-state index >= 15 is 0 Å². The summed E-state index contributed by atoms with van der Waals surface area (Å²) in [5.74, 6) is -0.808. The Morgan fingerprint density at radius 2 is 1.59 bits per heavy atom. The summed E-state index contributed by atoms with van der Waals surface area (Å²) >= 11 is 0. The van der Waals surface area contributed by atoms with Crippen molar-refractivity contribution >= 4 is 12.0 Å². The number of aryl methyl sites for hydroxylation is 1. The minimum absolute atomic E-state index is 0.505. The van der Waals surface area contributed by atoms with Crippen LogP contribution < -0.4 is 0 Å². The molecule has 0 aliphatic rings. The van der Waals surface area contributed by atoms with Crippen molar-refractivity contribution in [3.8, 4) is 0 Å². The van der Waals surface area contributed by atoms with Gasteiger partial charge in [-0.15, -0.1) is 0 Å². The molecule has 3 nitrogen and oxygen atoms in total. The Balaban J connectivity index is 2.06. The number of rotatable bonds is 8. The Kier molecular flexibility index (Phi) is 7.35. The highest BCUT2D eigenvalue weighted by Gasteiger charge is 2.14. The summed E-state index contributed by atoms with van der Waals surface area (Å²) in [7, 11) is 0. The maximum absolute atomic E-state index is 11.8. The molecule has 0 atom stereocenters. The van der Waals surface area contributed by atoms with Crippen LogP contribution in [0.25, 0.3) is 6.08 Å². The van der Waals surface area contributed by atoms with Gasteiger partial charge in [0.1, 0.15) is 0 Å². The zero-order valence-corrected chi connectivity index (χ0v) is 17.2. The third-order valence-electron chi connectivity index (χ3n) is 5.79. The molecule has 0 aliphatic heterocycles. The molecule has 0 amide bonds. The molecule has 0 saturated carbocycles. The summed E-state index contributed by atoms with van der Waals surface area (Å²) in [5.41, 5.74) is 9.00. The van der Waals surface area contributed by atoms with Gasteiger partial charge in [-0.2, -0.15) is 0 Å². The lowest BCUT2D eigenvalue weighted by Crippen LogP contribution is -2.04. The second-order valence-corrected chi connectivity index (χ2v) is 7.44. The summed E-state index contributed by atoms with van der Waals surface area (Å²) in [6.07, 6.45) is 10.1. The highest BCUT2D eigenvalue weighted by atomic mass is 16.4. The lowest BCUT2D eigenvalue weighted by atomic mass is 9.88. The van der Waals surface area contributed by atoms with Crippen molar-refractivity contribution in [3.05, 3.63) is 69.0 Å². The minimum atomic E-state index is -0.808. The number of nitrogens with zero attached hydrogens (tertiary/aromatic N) is 1. The first-order chi connectivity index (χ1) is 12.8. The van der Waals surface area contributed by atoms with Gasteiger partial charge in [0.15, 0.2) is 0 Å². The number of benzene rings is 1. The molecule has 2 aromatic rings. The zero-order chi connectivity index (χ0) is 20.0. The fraction of sp³-hybridized carbons (Fsp3) is 0.417. The SMILES string of the molecule is Cc1c(C)c(C)c(/C=C(\CCCCCc2cccnc2)C(=O)O)c(C)c1C. The van der Waals surface area contributed by atoms with Gasteiger partial charge in [0.05, 0.1) is 0 Å². The number of unbranched alkanes of at least 4 members (excludes halogenated alkanes) is 2. The molecule has 1 heterocycles. The number of carboxylic acids is 1. The molecule has 1 aromatic heterocycles. The maximum Gasteiger partial charge on any atom is 0.331 e. The molecule has 3 heteroatoms. The van der Waals surface area contributed by atoms with Crippen LogP contribution in [0.15, 0.2) is 30.1 Å². The van der Waals surface area contributed by atoms with E-state index in [0.29, 0.717) is 12.0 Å². The molecular formula is C24H31NO2. The fourth-order valence-electron chi connectivity index (χ4n) is 3.53. The average molecular weight is 366 g/mol. The Hall–Kier alpha value is -2.42. The van der Waals surface area contributed by atoms with E-state index in [0.717, 1.165) is 31.2 Å². The zero-order valence-electron chi connectivity index (χ0n) is 17.2. The van der Waals surface area contributed by atoms with Crippen LogP contribution in [0.2, 0.25) is 0 Å². The van der Waals surface area contributed by atoms with Gasteiger partial charge >= 0.3 is 5.97 Å². The van der Waals surface area contributed by atoms with Crippen molar-refractivity contribution in [1.82, 2.24) is 4.98 Å². The lowest BCUT2D eigenvalue weighted by molar-refractivity contribution is -0.132. The summed E-state index contributed by atoms with van der Waals surface area (Å²) in [6.45, 7) is 10.6. The smallest absolute Gasteiger partial charge is 0.331 e. The summed E-state index contributed by atoms with van der Waals surface area (Å²) < 4.78 is 0. The minimum Gasteiger partial charge on any atom is -0.478 e. The van der Waals surface area contributed by atoms with E-state index in [1.807, 2.05) is 18.3 Å². The average Bonchev–Trinajstić information content (AvgIpc) is 2.66. The number of aromatic nitrogens is 1. The predicted octanol–water partition coefficient (Wildman–Crippen LogP) is 5.89. The summed E-state index contributed by atoms with van der Waals surface area (Å²) in [4.78, 5) is 15.9. The standard InChI is InChI=1S/C24H31NO2/c1-16-17(2)19(4)23(20(5)18(16)3)14-22(24(26)27)12-8-6-7-10-21-11-9-13-25-15-21/h9,11,13-15H,6-8,10,12H2,1-5H3,(H,26,27)/b22-14+. The largest absolute Gasteiger partial charge is 0.478 e. The van der Waals surface area contributed by atoms with Gasteiger partial charge in [-0.3, -0.25) is 4.98 Å². The summed E-state index contributed by atoms with van der Waals surface area (Å²) in [6, 6.07) is 4.04. The van der Waals surface area contributed by atoms with Crippen LogP contribution in [0, 0.1) is 34.6 Å². The molecule has 0 radical (unpaired) electrons. The van der Waals surface area contributed by atoms with Crippen molar-refractivity contribution in [2.45, 2.75) is 66.7 Å². The highest BCUT2D eigenvalue weighted by molar-refractivity contribution is 5.92. The van der Waals surface area contributed by atoms with Crippen molar-refractivity contribution < 1.29 is 9.90 Å². The van der Waals surface area contributed by atoms with Crippen molar-refractivity contribution in [2.75, 3.05) is 0 Å². The van der Waals surface area contributed by atoms with E-state index in [2.05, 4.69) is 45.7 Å². The number of carbonyl (C=O) groups is 1. The number of hydrogen-bond donors (Lipinski definition) is 1. The maximum atomic E-state index is 11.8. The quantitative estimate of drug-likeness (QED) is 0.468. The van der Waals surface area contributed by atoms with E-state index in [4.69, 9.17) is 0 Å². The molecule has 0 bridgehead atoms. The molecular weight excluding hydrogens is 334 g/mol. The molecule has 2 rings (SSSR count). The van der Waals surface area contributed by atoms with Crippen LogP contribution >= 0.6 is 0 Å². The van der Waals surface area contributed by atoms with Gasteiger partial charge in [-0.25, -0.2) is 4.79 Å². The number of hydrogen-bond acceptors (Lipinski definition) is 2. The van der Waals surface area contributed by atoms with Gasteiger partial charge < -0.3 is 5.11 Å². The Morgan fingerprint density at radius 1 is 0.963 bits per heavy atom. The number of carboxylic acid groups (broad SMARTS) is 1. The van der Waals surface area contributed by atoms with Gasteiger partial charge in [-0.1, -0.05) is 12.5 Å². The molecule has 0 unspecified atom stereocenters. The predicted molar refractivity (Wildman–Crippen MR) is 112 cm³/mol. The molecule has 27 heavy (non-hydrogen) atoms. The first-order valence-corrected chi connectivity index (χ1v) is 9.72. The Labute approximate surface area is 163 Å². The van der Waals surface area contributed by atoms with Crippen molar-refractivity contribution in [3.63, 3.8) is 0 Å². The molecule has 1 aromatic carbocycles. The Bertz CT molecular complexity index is 806.